The van der Waals surface area contributed by atoms with E-state index < -0.39 is 6.69 Å². The molecule has 0 aliphatic heterocycles. The molecule has 0 nitrogen and oxygen atoms in total. The van der Waals surface area contributed by atoms with Crippen molar-refractivity contribution in [3.8, 4) is 0 Å². The molecule has 0 atom stereocenters. The molecule has 0 amide bonds. The van der Waals surface area contributed by atoms with Crippen LogP contribution in [0.15, 0.2) is 0 Å². The minimum Gasteiger partial charge on any atom is -0.146 e. The van der Waals surface area contributed by atoms with Gasteiger partial charge < -0.3 is 0 Å². The molecule has 0 bridgehead atoms. The summed E-state index contributed by atoms with van der Waals surface area (Å²) >= 11 is 17.7. The third-order valence-corrected chi connectivity index (χ3v) is 8.22. The summed E-state index contributed by atoms with van der Waals surface area (Å²) in [4.78, 5) is 0. The standard InChI is InChI=1S/C6H13Cl3Si/c1-6(2)10(8,9)5-3-4-7/h6H,3-5H2,1-2H3. The molecule has 0 heterocycles. The van der Waals surface area contributed by atoms with E-state index in [0.29, 0.717) is 11.4 Å². The molecule has 62 valence electrons. The van der Waals surface area contributed by atoms with Gasteiger partial charge in [0.25, 0.3) is 6.69 Å². The van der Waals surface area contributed by atoms with Gasteiger partial charge in [0.1, 0.15) is 0 Å². The van der Waals surface area contributed by atoms with Gasteiger partial charge in [0.05, 0.1) is 0 Å². The number of rotatable bonds is 4. The SMILES string of the molecule is CC(C)[Si](Cl)(Cl)CCCCl. The summed E-state index contributed by atoms with van der Waals surface area (Å²) in [5.41, 5.74) is 0.430. The van der Waals surface area contributed by atoms with Gasteiger partial charge in [-0.25, -0.2) is 0 Å². The molecule has 0 spiro atoms. The summed E-state index contributed by atoms with van der Waals surface area (Å²) in [6.07, 6.45) is 0.943. The molecule has 0 aromatic heterocycles. The third-order valence-electron chi connectivity index (χ3n) is 1.49. The summed E-state index contributed by atoms with van der Waals surface area (Å²) in [5.74, 6) is 0.668. The minimum absolute atomic E-state index is 0.430. The Kier molecular flexibility index (Phi) is 5.39. The average molecular weight is 220 g/mol. The minimum atomic E-state index is -1.94. The van der Waals surface area contributed by atoms with Crippen LogP contribution in [0, 0.1) is 0 Å². The highest BCUT2D eigenvalue weighted by Gasteiger charge is 2.31. The van der Waals surface area contributed by atoms with E-state index >= 15 is 0 Å². The molecule has 0 saturated carbocycles. The van der Waals surface area contributed by atoms with E-state index in [1.165, 1.54) is 0 Å². The highest BCUT2D eigenvalue weighted by atomic mass is 35.7. The molecular weight excluding hydrogens is 207 g/mol. The highest BCUT2D eigenvalue weighted by molar-refractivity contribution is 7.45. The van der Waals surface area contributed by atoms with Gasteiger partial charge in [-0.3, -0.25) is 0 Å². The Bertz CT molecular complexity index is 93.0. The van der Waals surface area contributed by atoms with Crippen LogP contribution in [0.3, 0.4) is 0 Å². The molecule has 0 fully saturated rings. The number of alkyl halides is 1. The van der Waals surface area contributed by atoms with Crippen LogP contribution >= 0.6 is 33.8 Å². The topological polar surface area (TPSA) is 0 Å². The van der Waals surface area contributed by atoms with Gasteiger partial charge in [-0.2, -0.15) is 0 Å². The van der Waals surface area contributed by atoms with Gasteiger partial charge in [-0.15, -0.1) is 33.8 Å². The average Bonchev–Trinajstić information content (AvgIpc) is 1.84. The molecule has 4 heteroatoms. The molecule has 0 aliphatic carbocycles. The first kappa shape index (κ1) is 11.1. The zero-order valence-corrected chi connectivity index (χ0v) is 9.60. The summed E-state index contributed by atoms with van der Waals surface area (Å²) in [5, 5.41) is 0. The second kappa shape index (κ2) is 4.86. The monoisotopic (exact) mass is 218 g/mol. The van der Waals surface area contributed by atoms with Crippen molar-refractivity contribution < 1.29 is 0 Å². The molecule has 0 N–H and O–H groups in total. The van der Waals surface area contributed by atoms with Crippen molar-refractivity contribution >= 4 is 40.5 Å². The van der Waals surface area contributed by atoms with E-state index in [4.69, 9.17) is 33.8 Å². The lowest BCUT2D eigenvalue weighted by Crippen LogP contribution is -2.22. The van der Waals surface area contributed by atoms with Crippen molar-refractivity contribution in [2.24, 2.45) is 0 Å². The first-order valence-corrected chi connectivity index (χ1v) is 8.28. The van der Waals surface area contributed by atoms with Crippen LogP contribution in [0.5, 0.6) is 0 Å². The van der Waals surface area contributed by atoms with Crippen molar-refractivity contribution in [1.29, 1.82) is 0 Å². The first-order chi connectivity index (χ1) is 4.50. The van der Waals surface area contributed by atoms with E-state index in [0.717, 1.165) is 12.5 Å². The predicted molar refractivity (Wildman–Crippen MR) is 52.7 cm³/mol. The van der Waals surface area contributed by atoms with Crippen molar-refractivity contribution in [3.05, 3.63) is 0 Å². The lowest BCUT2D eigenvalue weighted by molar-refractivity contribution is 0.988. The second-order valence-electron chi connectivity index (χ2n) is 2.71. The van der Waals surface area contributed by atoms with Crippen LogP contribution in [-0.4, -0.2) is 12.6 Å². The van der Waals surface area contributed by atoms with E-state index in [-0.39, 0.29) is 0 Å². The maximum Gasteiger partial charge on any atom is 0.253 e. The van der Waals surface area contributed by atoms with Gasteiger partial charge in [0, 0.05) is 5.88 Å². The smallest absolute Gasteiger partial charge is 0.146 e. The predicted octanol–water partition coefficient (Wildman–Crippen LogP) is 3.95. The Hall–Kier alpha value is 1.09. The van der Waals surface area contributed by atoms with Gasteiger partial charge in [0.15, 0.2) is 0 Å². The quantitative estimate of drug-likeness (QED) is 0.382. The van der Waals surface area contributed by atoms with Crippen molar-refractivity contribution in [2.75, 3.05) is 5.88 Å². The zero-order valence-electron chi connectivity index (χ0n) is 6.33. The maximum absolute atomic E-state index is 6.10. The number of hydrogen-bond acceptors (Lipinski definition) is 0. The highest BCUT2D eigenvalue weighted by Crippen LogP contribution is 2.34. The summed E-state index contributed by atoms with van der Waals surface area (Å²) in [6, 6.07) is 0.914. The Balaban J connectivity index is 3.63. The van der Waals surface area contributed by atoms with Crippen LogP contribution in [0.1, 0.15) is 20.3 Å². The lowest BCUT2D eigenvalue weighted by Gasteiger charge is -2.19. The Morgan fingerprint density at radius 2 is 1.80 bits per heavy atom. The van der Waals surface area contributed by atoms with Crippen LogP contribution in [-0.2, 0) is 0 Å². The number of halogens is 3. The van der Waals surface area contributed by atoms with E-state index in [1.807, 2.05) is 0 Å². The van der Waals surface area contributed by atoms with Crippen LogP contribution in [0.25, 0.3) is 0 Å². The fraction of sp³-hybridized carbons (Fsp3) is 1.00. The molecule has 0 unspecified atom stereocenters. The Labute approximate surface area is 78.3 Å². The van der Waals surface area contributed by atoms with Crippen molar-refractivity contribution in [1.82, 2.24) is 0 Å². The van der Waals surface area contributed by atoms with Crippen molar-refractivity contribution in [3.63, 3.8) is 0 Å². The first-order valence-electron chi connectivity index (χ1n) is 3.44. The van der Waals surface area contributed by atoms with Gasteiger partial charge in [-0.05, 0) is 18.0 Å². The molecule has 10 heavy (non-hydrogen) atoms. The third kappa shape index (κ3) is 4.07. The van der Waals surface area contributed by atoms with E-state index in [1.54, 1.807) is 0 Å². The van der Waals surface area contributed by atoms with Gasteiger partial charge in [-0.1, -0.05) is 13.8 Å². The number of hydrogen-bond donors (Lipinski definition) is 0. The normalized spacial score (nSPS) is 12.6. The van der Waals surface area contributed by atoms with Crippen molar-refractivity contribution in [2.45, 2.75) is 31.9 Å². The van der Waals surface area contributed by atoms with Gasteiger partial charge >= 0.3 is 0 Å². The second-order valence-corrected chi connectivity index (χ2v) is 10.9. The summed E-state index contributed by atoms with van der Waals surface area (Å²) in [6.45, 7) is 2.20. The summed E-state index contributed by atoms with van der Waals surface area (Å²) < 4.78 is 0. The lowest BCUT2D eigenvalue weighted by atomic mass is 10.5. The maximum atomic E-state index is 6.10. The largest absolute Gasteiger partial charge is 0.253 e. The van der Waals surface area contributed by atoms with Gasteiger partial charge in [0.2, 0.25) is 0 Å². The Morgan fingerprint density at radius 3 is 2.10 bits per heavy atom. The van der Waals surface area contributed by atoms with Crippen LogP contribution in [0.2, 0.25) is 11.6 Å². The van der Waals surface area contributed by atoms with E-state index in [2.05, 4.69) is 13.8 Å². The molecule has 0 rings (SSSR count). The Morgan fingerprint density at radius 1 is 1.30 bits per heavy atom. The molecule has 0 aromatic rings. The molecule has 0 aliphatic rings. The van der Waals surface area contributed by atoms with E-state index in [9.17, 15) is 0 Å². The summed E-state index contributed by atoms with van der Waals surface area (Å²) in [7, 11) is 0. The van der Waals surface area contributed by atoms with Crippen LogP contribution in [0.4, 0.5) is 0 Å². The zero-order chi connectivity index (χ0) is 8.20. The fourth-order valence-corrected chi connectivity index (χ4v) is 2.98. The molecule has 0 radical (unpaired) electrons. The molecule has 0 aromatic carbocycles. The van der Waals surface area contributed by atoms with Crippen LogP contribution < -0.4 is 0 Å². The molecular formula is C6H13Cl3Si. The molecule has 0 saturated heterocycles. The fourth-order valence-electron chi connectivity index (χ4n) is 0.591.